The monoisotopic (exact) mass is 408 g/mol. The summed E-state index contributed by atoms with van der Waals surface area (Å²) in [4.78, 5) is 0. The maximum absolute atomic E-state index is 3.58. The Morgan fingerprint density at radius 3 is 1.80 bits per heavy atom. The molecular weight excluding hydrogens is 376 g/mol. The summed E-state index contributed by atoms with van der Waals surface area (Å²) in [5.41, 5.74) is 8.87. The van der Waals surface area contributed by atoms with Gasteiger partial charge in [-0.25, -0.2) is 0 Å². The molecule has 0 N–H and O–H groups in total. The van der Waals surface area contributed by atoms with Crippen molar-refractivity contribution in [2.45, 2.75) is 63.6 Å². The van der Waals surface area contributed by atoms with Crippen molar-refractivity contribution in [1.29, 1.82) is 0 Å². The molecule has 0 heterocycles. The second-order valence-corrected chi connectivity index (χ2v) is 15.9. The van der Waals surface area contributed by atoms with Gasteiger partial charge in [0.25, 0.3) is 0 Å². The molecule has 0 aromatic heterocycles. The van der Waals surface area contributed by atoms with Crippen molar-refractivity contribution in [2.75, 3.05) is 0 Å². The Labute approximate surface area is 183 Å². The summed E-state index contributed by atoms with van der Waals surface area (Å²) in [6.07, 6.45) is 8.60. The van der Waals surface area contributed by atoms with Gasteiger partial charge in [0.05, 0.1) is 0 Å². The minimum Gasteiger partial charge on any atom is -0.127 e. The van der Waals surface area contributed by atoms with Crippen molar-refractivity contribution in [3.05, 3.63) is 70.8 Å². The quantitative estimate of drug-likeness (QED) is 0.360. The Kier molecular flexibility index (Phi) is 4.92. The molecule has 1 heteroatoms. The lowest BCUT2D eigenvalue weighted by molar-refractivity contribution is -0.00520. The second-order valence-electron chi connectivity index (χ2n) is 11.1. The van der Waals surface area contributed by atoms with E-state index in [9.17, 15) is 0 Å². The fraction of sp³-hybridized carbons (Fsp3) is 0.448. The van der Waals surface area contributed by atoms with Gasteiger partial charge < -0.3 is 0 Å². The van der Waals surface area contributed by atoms with Crippen LogP contribution in [0.1, 0.15) is 60.8 Å². The van der Waals surface area contributed by atoms with Gasteiger partial charge in [0, 0.05) is 16.7 Å². The van der Waals surface area contributed by atoms with Crippen LogP contribution >= 0.6 is 0 Å². The minimum absolute atomic E-state index is 0.384. The van der Waals surface area contributed by atoms with Crippen molar-refractivity contribution in [3.63, 3.8) is 0 Å². The first-order valence-electron chi connectivity index (χ1n) is 11.6. The average Bonchev–Trinajstić information content (AvgIpc) is 2.70. The van der Waals surface area contributed by atoms with E-state index in [2.05, 4.69) is 85.4 Å². The van der Waals surface area contributed by atoms with Gasteiger partial charge in [-0.15, -0.1) is 5.54 Å². The molecule has 4 fully saturated rings. The standard InChI is InChI=1S/C29H32Si/c1-30(2,3)12-11-24-13-23(10-9-22-7-5-4-6-8-22)17-28(18-24)29-19-25-14-26(20-29)16-27(15-25)21-29/h4-8,13,17-18,25-27H,14-16,19-21H2,1-3H3. The van der Waals surface area contributed by atoms with E-state index in [-0.39, 0.29) is 0 Å². The number of hydrogen-bond donors (Lipinski definition) is 0. The zero-order valence-electron chi connectivity index (χ0n) is 18.6. The molecular formula is C29H32Si. The van der Waals surface area contributed by atoms with Crippen LogP contribution < -0.4 is 0 Å². The molecule has 152 valence electrons. The maximum atomic E-state index is 3.58. The molecule has 30 heavy (non-hydrogen) atoms. The lowest BCUT2D eigenvalue weighted by Gasteiger charge is -2.57. The Morgan fingerprint density at radius 2 is 1.23 bits per heavy atom. The van der Waals surface area contributed by atoms with Gasteiger partial charge >= 0.3 is 0 Å². The molecule has 2 aromatic rings. The molecule has 4 aliphatic carbocycles. The van der Waals surface area contributed by atoms with E-state index in [4.69, 9.17) is 0 Å². The SMILES string of the molecule is C[Si](C)(C)C#Cc1cc(C#Cc2ccccc2)cc(C23CC4CC(CC(C4)C2)C3)c1. The fourth-order valence-corrected chi connectivity index (χ4v) is 6.99. The van der Waals surface area contributed by atoms with E-state index in [1.54, 1.807) is 0 Å². The smallest absolute Gasteiger partial charge is 0.127 e. The summed E-state index contributed by atoms with van der Waals surface area (Å²) < 4.78 is 0. The van der Waals surface area contributed by atoms with Crippen LogP contribution in [-0.2, 0) is 5.41 Å². The van der Waals surface area contributed by atoms with Crippen LogP contribution in [-0.4, -0.2) is 8.07 Å². The van der Waals surface area contributed by atoms with E-state index in [1.807, 2.05) is 6.07 Å². The summed E-state index contributed by atoms with van der Waals surface area (Å²) in [5, 5.41) is 0. The van der Waals surface area contributed by atoms with Crippen LogP contribution in [0.5, 0.6) is 0 Å². The van der Waals surface area contributed by atoms with Crippen molar-refractivity contribution in [3.8, 4) is 23.3 Å². The molecule has 6 rings (SSSR count). The van der Waals surface area contributed by atoms with Gasteiger partial charge in [-0.2, -0.15) is 0 Å². The highest BCUT2D eigenvalue weighted by Crippen LogP contribution is 2.60. The number of benzene rings is 2. The molecule has 0 atom stereocenters. The van der Waals surface area contributed by atoms with Crippen LogP contribution in [0.3, 0.4) is 0 Å². The lowest BCUT2D eigenvalue weighted by Crippen LogP contribution is -2.48. The first-order valence-corrected chi connectivity index (χ1v) is 15.1. The van der Waals surface area contributed by atoms with E-state index >= 15 is 0 Å². The molecule has 0 spiro atoms. The Morgan fingerprint density at radius 1 is 0.700 bits per heavy atom. The predicted octanol–water partition coefficient (Wildman–Crippen LogP) is 6.78. The summed E-state index contributed by atoms with van der Waals surface area (Å²) in [6, 6.07) is 17.4. The third-order valence-corrected chi connectivity index (χ3v) is 8.17. The summed E-state index contributed by atoms with van der Waals surface area (Å²) in [7, 11) is -1.41. The van der Waals surface area contributed by atoms with Crippen molar-refractivity contribution < 1.29 is 0 Å². The van der Waals surface area contributed by atoms with Crippen LogP contribution in [0.2, 0.25) is 19.6 Å². The summed E-state index contributed by atoms with van der Waals surface area (Å²) in [6.45, 7) is 6.96. The third kappa shape index (κ3) is 4.15. The summed E-state index contributed by atoms with van der Waals surface area (Å²) >= 11 is 0. The van der Waals surface area contributed by atoms with Crippen molar-refractivity contribution >= 4 is 8.07 Å². The molecule has 0 nitrogen and oxygen atoms in total. The first kappa shape index (κ1) is 19.7. The topological polar surface area (TPSA) is 0 Å². The molecule has 0 saturated heterocycles. The molecule has 2 aromatic carbocycles. The highest BCUT2D eigenvalue weighted by atomic mass is 28.3. The zero-order chi connectivity index (χ0) is 20.8. The molecule has 0 radical (unpaired) electrons. The van der Waals surface area contributed by atoms with Gasteiger partial charge in [-0.05, 0) is 97.6 Å². The highest BCUT2D eigenvalue weighted by Gasteiger charge is 2.51. The molecule has 0 amide bonds. The van der Waals surface area contributed by atoms with Gasteiger partial charge in [-0.3, -0.25) is 0 Å². The molecule has 0 aliphatic heterocycles. The second kappa shape index (κ2) is 7.48. The van der Waals surface area contributed by atoms with Crippen molar-refractivity contribution in [1.82, 2.24) is 0 Å². The van der Waals surface area contributed by atoms with Crippen LogP contribution in [0, 0.1) is 41.1 Å². The van der Waals surface area contributed by atoms with Crippen LogP contribution in [0.15, 0.2) is 48.5 Å². The van der Waals surface area contributed by atoms with Gasteiger partial charge in [0.15, 0.2) is 0 Å². The molecule has 4 aliphatic rings. The highest BCUT2D eigenvalue weighted by molar-refractivity contribution is 6.83. The Balaban J connectivity index is 1.57. The number of hydrogen-bond acceptors (Lipinski definition) is 0. The van der Waals surface area contributed by atoms with Gasteiger partial charge in [-0.1, -0.05) is 55.6 Å². The molecule has 4 bridgehead atoms. The van der Waals surface area contributed by atoms with Crippen LogP contribution in [0.25, 0.3) is 0 Å². The van der Waals surface area contributed by atoms with Gasteiger partial charge in [0.2, 0.25) is 0 Å². The lowest BCUT2D eigenvalue weighted by atomic mass is 9.48. The normalized spacial score (nSPS) is 29.0. The Hall–Kier alpha value is -2.22. The summed E-state index contributed by atoms with van der Waals surface area (Å²) in [5.74, 6) is 13.2. The molecule has 4 saturated carbocycles. The average molecular weight is 409 g/mol. The van der Waals surface area contributed by atoms with E-state index in [0.717, 1.165) is 28.9 Å². The van der Waals surface area contributed by atoms with E-state index in [1.165, 1.54) is 49.7 Å². The molecule has 0 unspecified atom stereocenters. The maximum Gasteiger partial charge on any atom is 0.129 e. The largest absolute Gasteiger partial charge is 0.129 e. The van der Waals surface area contributed by atoms with Crippen LogP contribution in [0.4, 0.5) is 0 Å². The Bertz CT molecular complexity index is 1030. The first-order chi connectivity index (χ1) is 14.4. The van der Waals surface area contributed by atoms with E-state index < -0.39 is 8.07 Å². The van der Waals surface area contributed by atoms with E-state index in [0.29, 0.717) is 5.41 Å². The third-order valence-electron chi connectivity index (χ3n) is 7.29. The minimum atomic E-state index is -1.41. The number of rotatable bonds is 1. The van der Waals surface area contributed by atoms with Crippen molar-refractivity contribution in [2.24, 2.45) is 17.8 Å². The fourth-order valence-electron chi connectivity index (χ4n) is 6.47. The predicted molar refractivity (Wildman–Crippen MR) is 129 cm³/mol. The zero-order valence-corrected chi connectivity index (χ0v) is 19.6. The van der Waals surface area contributed by atoms with Gasteiger partial charge in [0.1, 0.15) is 8.07 Å².